The van der Waals surface area contributed by atoms with Gasteiger partial charge in [0.2, 0.25) is 6.43 Å². The number of esters is 1. The molecular formula is C15H18F2O2. The smallest absolute Gasteiger partial charge is 0.338 e. The summed E-state index contributed by atoms with van der Waals surface area (Å²) in [5, 5.41) is 0. The van der Waals surface area contributed by atoms with Gasteiger partial charge in [0, 0.05) is 5.92 Å². The van der Waals surface area contributed by atoms with Crippen LogP contribution in [0.15, 0.2) is 30.3 Å². The highest BCUT2D eigenvalue weighted by Gasteiger charge is 2.27. The molecule has 0 spiro atoms. The van der Waals surface area contributed by atoms with E-state index in [0.717, 1.165) is 12.8 Å². The van der Waals surface area contributed by atoms with Gasteiger partial charge in [-0.25, -0.2) is 13.6 Å². The van der Waals surface area contributed by atoms with Crippen molar-refractivity contribution in [3.05, 3.63) is 35.9 Å². The summed E-state index contributed by atoms with van der Waals surface area (Å²) in [4.78, 5) is 11.7. The highest BCUT2D eigenvalue weighted by Crippen LogP contribution is 2.32. The largest absolute Gasteiger partial charge is 0.462 e. The van der Waals surface area contributed by atoms with E-state index >= 15 is 0 Å². The summed E-state index contributed by atoms with van der Waals surface area (Å²) >= 11 is 0. The first-order valence-electron chi connectivity index (χ1n) is 6.67. The van der Waals surface area contributed by atoms with E-state index in [1.807, 2.05) is 6.07 Å². The Bertz CT molecular complexity index is 398. The van der Waals surface area contributed by atoms with Crippen molar-refractivity contribution in [1.82, 2.24) is 0 Å². The van der Waals surface area contributed by atoms with Gasteiger partial charge in [-0.05, 0) is 43.7 Å². The number of ether oxygens (including phenoxy) is 1. The summed E-state index contributed by atoms with van der Waals surface area (Å²) in [6, 6.07) is 8.81. The first-order chi connectivity index (χ1) is 9.16. The van der Waals surface area contributed by atoms with Crippen LogP contribution in [-0.4, -0.2) is 19.0 Å². The zero-order valence-electron chi connectivity index (χ0n) is 10.7. The molecule has 0 unspecified atom stereocenters. The predicted molar refractivity (Wildman–Crippen MR) is 68.2 cm³/mol. The van der Waals surface area contributed by atoms with E-state index in [0.29, 0.717) is 25.0 Å². The van der Waals surface area contributed by atoms with Gasteiger partial charge in [-0.3, -0.25) is 0 Å². The zero-order chi connectivity index (χ0) is 13.7. The molecule has 0 atom stereocenters. The molecule has 2 nitrogen and oxygen atoms in total. The number of carbonyl (C=O) groups is 1. The van der Waals surface area contributed by atoms with Gasteiger partial charge in [0.25, 0.3) is 0 Å². The minimum absolute atomic E-state index is 0.225. The van der Waals surface area contributed by atoms with E-state index in [1.165, 1.54) is 0 Å². The van der Waals surface area contributed by atoms with E-state index in [4.69, 9.17) is 4.74 Å². The molecule has 2 rings (SSSR count). The number of benzene rings is 1. The monoisotopic (exact) mass is 268 g/mol. The lowest BCUT2D eigenvalue weighted by atomic mass is 9.82. The standard InChI is InChI=1S/C15H18F2O2/c16-14(17)12-8-6-11(7-9-12)10-19-15(18)13-4-2-1-3-5-13/h1-5,11-12,14H,6-10H2. The van der Waals surface area contributed by atoms with Crippen LogP contribution in [0.4, 0.5) is 8.78 Å². The van der Waals surface area contributed by atoms with Gasteiger partial charge >= 0.3 is 5.97 Å². The summed E-state index contributed by atoms with van der Waals surface area (Å²) in [5.74, 6) is -0.583. The van der Waals surface area contributed by atoms with Crippen LogP contribution < -0.4 is 0 Å². The molecule has 104 valence electrons. The Hall–Kier alpha value is -1.45. The molecule has 0 radical (unpaired) electrons. The average Bonchev–Trinajstić information content (AvgIpc) is 2.46. The van der Waals surface area contributed by atoms with Crippen LogP contribution in [-0.2, 0) is 4.74 Å². The maximum Gasteiger partial charge on any atom is 0.338 e. The van der Waals surface area contributed by atoms with E-state index < -0.39 is 12.3 Å². The minimum atomic E-state index is -2.21. The normalized spacial score (nSPS) is 23.3. The van der Waals surface area contributed by atoms with Gasteiger partial charge in [0.05, 0.1) is 12.2 Å². The molecule has 1 aromatic rings. The highest BCUT2D eigenvalue weighted by molar-refractivity contribution is 5.89. The van der Waals surface area contributed by atoms with Crippen molar-refractivity contribution in [2.24, 2.45) is 11.8 Å². The molecular weight excluding hydrogens is 250 g/mol. The van der Waals surface area contributed by atoms with E-state index in [-0.39, 0.29) is 11.9 Å². The molecule has 0 aliphatic heterocycles. The van der Waals surface area contributed by atoms with Gasteiger partial charge in [-0.1, -0.05) is 18.2 Å². The molecule has 19 heavy (non-hydrogen) atoms. The Kier molecular flexibility index (Phi) is 4.88. The van der Waals surface area contributed by atoms with Crippen molar-refractivity contribution >= 4 is 5.97 Å². The molecule has 0 heterocycles. The molecule has 1 aliphatic rings. The lowest BCUT2D eigenvalue weighted by molar-refractivity contribution is 0.0224. The van der Waals surface area contributed by atoms with Crippen molar-refractivity contribution in [1.29, 1.82) is 0 Å². The summed E-state index contributed by atoms with van der Waals surface area (Å²) in [6.45, 7) is 0.337. The third-order valence-electron chi connectivity index (χ3n) is 3.71. The van der Waals surface area contributed by atoms with Crippen molar-refractivity contribution in [3.8, 4) is 0 Å². The lowest BCUT2D eigenvalue weighted by Gasteiger charge is -2.27. The van der Waals surface area contributed by atoms with Crippen molar-refractivity contribution in [2.75, 3.05) is 6.61 Å². The van der Waals surface area contributed by atoms with Crippen LogP contribution in [0.25, 0.3) is 0 Å². The summed E-state index contributed by atoms with van der Waals surface area (Å²) < 4.78 is 30.2. The molecule has 0 saturated heterocycles. The van der Waals surface area contributed by atoms with Crippen molar-refractivity contribution in [3.63, 3.8) is 0 Å². The fourth-order valence-electron chi connectivity index (χ4n) is 2.46. The Labute approximate surface area is 111 Å². The second-order valence-corrected chi connectivity index (χ2v) is 5.08. The highest BCUT2D eigenvalue weighted by atomic mass is 19.3. The fraction of sp³-hybridized carbons (Fsp3) is 0.533. The number of hydrogen-bond acceptors (Lipinski definition) is 2. The van der Waals surface area contributed by atoms with Gasteiger partial charge in [-0.15, -0.1) is 0 Å². The molecule has 1 aromatic carbocycles. The fourth-order valence-corrected chi connectivity index (χ4v) is 2.46. The summed E-state index contributed by atoms with van der Waals surface area (Å²) in [5.41, 5.74) is 0.531. The Morgan fingerprint density at radius 2 is 1.79 bits per heavy atom. The average molecular weight is 268 g/mol. The second-order valence-electron chi connectivity index (χ2n) is 5.08. The van der Waals surface area contributed by atoms with Crippen LogP contribution in [0, 0.1) is 11.8 Å². The minimum Gasteiger partial charge on any atom is -0.462 e. The quantitative estimate of drug-likeness (QED) is 0.774. The Morgan fingerprint density at radius 1 is 1.16 bits per heavy atom. The molecule has 0 bridgehead atoms. The van der Waals surface area contributed by atoms with Crippen LogP contribution >= 0.6 is 0 Å². The van der Waals surface area contributed by atoms with E-state index in [9.17, 15) is 13.6 Å². The summed E-state index contributed by atoms with van der Waals surface area (Å²) in [7, 11) is 0. The molecule has 1 aliphatic carbocycles. The lowest BCUT2D eigenvalue weighted by Crippen LogP contribution is -2.23. The number of hydrogen-bond donors (Lipinski definition) is 0. The first-order valence-corrected chi connectivity index (χ1v) is 6.67. The van der Waals surface area contributed by atoms with Gasteiger partial charge in [0.1, 0.15) is 0 Å². The number of rotatable bonds is 4. The molecule has 0 amide bonds. The van der Waals surface area contributed by atoms with Gasteiger partial charge in [-0.2, -0.15) is 0 Å². The van der Waals surface area contributed by atoms with E-state index in [2.05, 4.69) is 0 Å². The van der Waals surface area contributed by atoms with Gasteiger partial charge < -0.3 is 4.74 Å². The Morgan fingerprint density at radius 3 is 2.37 bits per heavy atom. The van der Waals surface area contributed by atoms with Crippen LogP contribution in [0.2, 0.25) is 0 Å². The maximum atomic E-state index is 12.5. The molecule has 0 aromatic heterocycles. The van der Waals surface area contributed by atoms with Crippen molar-refractivity contribution in [2.45, 2.75) is 32.1 Å². The number of halogens is 2. The molecule has 1 saturated carbocycles. The van der Waals surface area contributed by atoms with Crippen LogP contribution in [0.1, 0.15) is 36.0 Å². The zero-order valence-corrected chi connectivity index (χ0v) is 10.7. The van der Waals surface area contributed by atoms with E-state index in [1.54, 1.807) is 24.3 Å². The van der Waals surface area contributed by atoms with Crippen LogP contribution in [0.5, 0.6) is 0 Å². The maximum absolute atomic E-state index is 12.5. The number of carbonyl (C=O) groups excluding carboxylic acids is 1. The first kappa shape index (κ1) is 14.0. The molecule has 1 fully saturated rings. The molecule has 4 heteroatoms. The third kappa shape index (κ3) is 4.01. The van der Waals surface area contributed by atoms with Crippen LogP contribution in [0.3, 0.4) is 0 Å². The SMILES string of the molecule is O=C(OCC1CCC(C(F)F)CC1)c1ccccc1. The Balaban J connectivity index is 1.74. The second kappa shape index (κ2) is 6.64. The topological polar surface area (TPSA) is 26.3 Å². The third-order valence-corrected chi connectivity index (χ3v) is 3.71. The van der Waals surface area contributed by atoms with Crippen molar-refractivity contribution < 1.29 is 18.3 Å². The van der Waals surface area contributed by atoms with Gasteiger partial charge in [0.15, 0.2) is 0 Å². The predicted octanol–water partition coefficient (Wildman–Crippen LogP) is 3.91. The molecule has 0 N–H and O–H groups in total. The number of alkyl halides is 2. The summed E-state index contributed by atoms with van der Waals surface area (Å²) in [6.07, 6.45) is 0.290.